The normalized spacial score (nSPS) is 37.7. The summed E-state index contributed by atoms with van der Waals surface area (Å²) in [5.74, 6) is -0.767. The summed E-state index contributed by atoms with van der Waals surface area (Å²) in [6, 6.07) is 0. The molecule has 21 rings (SSSR count). The van der Waals surface area contributed by atoms with Crippen LogP contribution in [-0.4, -0.2) is 325 Å². The van der Waals surface area contributed by atoms with Crippen molar-refractivity contribution in [1.82, 2.24) is 129 Å². The first kappa shape index (κ1) is 108. The summed E-state index contributed by atoms with van der Waals surface area (Å²) in [4.78, 5) is 168. The Labute approximate surface area is 834 Å². The maximum atomic E-state index is 13.3. The fourth-order valence-corrected chi connectivity index (χ4v) is 22.7. The Morgan fingerprint density at radius 2 is 0.549 bits per heavy atom. The number of anilines is 6. The van der Waals surface area contributed by atoms with Crippen LogP contribution in [0.1, 0.15) is 61.0 Å². The number of aromatic amines is 3. The van der Waals surface area contributed by atoms with Crippen LogP contribution in [0.4, 0.5) is 35.3 Å². The smallest absolute Gasteiger partial charge is 1.00 e. The van der Waals surface area contributed by atoms with Gasteiger partial charge in [-0.15, -0.1) is 0 Å². The number of rotatable bonds is 6. The van der Waals surface area contributed by atoms with Crippen LogP contribution in [0.3, 0.4) is 0 Å². The summed E-state index contributed by atoms with van der Waals surface area (Å²) >= 11 is 0. The van der Waals surface area contributed by atoms with Crippen LogP contribution >= 0.6 is 46.9 Å². The van der Waals surface area contributed by atoms with Gasteiger partial charge in [0.25, 0.3) is 16.7 Å². The van der Waals surface area contributed by atoms with Crippen molar-refractivity contribution in [3.05, 3.63) is 88.0 Å². The van der Waals surface area contributed by atoms with Crippen molar-refractivity contribution >= 4 is 149 Å². The van der Waals surface area contributed by atoms with E-state index < -0.39 is 249 Å². The molecule has 9 aliphatic heterocycles. The Morgan fingerprint density at radius 3 is 0.796 bits per heavy atom. The Morgan fingerprint density at radius 1 is 0.331 bits per heavy atom. The minimum atomic E-state index is -5.14. The van der Waals surface area contributed by atoms with Gasteiger partial charge in [0.2, 0.25) is 17.8 Å². The van der Waals surface area contributed by atoms with Crippen LogP contribution < -0.4 is 122 Å². The number of ether oxygens (including phenoxy) is 6. The second kappa shape index (κ2) is 39.7. The van der Waals surface area contributed by atoms with Crippen molar-refractivity contribution in [3.63, 3.8) is 0 Å². The van der Waals surface area contributed by atoms with E-state index in [0.717, 1.165) is 51.7 Å². The number of hydrogen-bond donors (Lipinski definition) is 23. The molecule has 30 atom stereocenters. The molecule has 9 aliphatic rings. The minimum Gasteiger partial charge on any atom is -1.00 e. The molecular weight excluding hydrogens is 2060 g/mol. The van der Waals surface area contributed by atoms with Crippen molar-refractivity contribution in [3.8, 4) is 0 Å². The Kier molecular flexibility index (Phi) is 30.1. The third-order valence-corrected chi connectivity index (χ3v) is 29.0. The number of aliphatic hydroxyl groups excluding tert-OH is 3. The first-order valence-corrected chi connectivity index (χ1v) is 49.0. The van der Waals surface area contributed by atoms with Crippen LogP contribution in [0.15, 0.2) is 71.3 Å². The number of imidazole rings is 6. The van der Waals surface area contributed by atoms with E-state index in [0.29, 0.717) is 0 Å². The number of nitrogens with two attached hydrogens (primary N) is 6. The van der Waals surface area contributed by atoms with Crippen LogP contribution in [0.25, 0.3) is 67.0 Å². The van der Waals surface area contributed by atoms with Crippen LogP contribution in [-0.2, 0) is 110 Å². The molecule has 0 aliphatic carbocycles. The third kappa shape index (κ3) is 20.2. The molecule has 0 aromatic carbocycles. The molecule has 0 radical (unpaired) electrons. The molecule has 71 nitrogen and oxygen atoms in total. The quantitative estimate of drug-likeness (QED) is 0.0543. The maximum Gasteiger partial charge on any atom is 1.00 e. The molecule has 9 fully saturated rings. The number of hydrogen-bond acceptors (Lipinski definition) is 56. The number of phosphoric acid groups is 6. The van der Waals surface area contributed by atoms with Gasteiger partial charge >= 0.3 is 106 Å². The molecular formula is C63H86N32Na2O39P6. The number of aromatic nitrogens is 24. The van der Waals surface area contributed by atoms with Gasteiger partial charge in [-0.05, 0) is 20.8 Å². The molecule has 79 heteroatoms. The van der Waals surface area contributed by atoms with Gasteiger partial charge in [-0.3, -0.25) is 111 Å². The predicted octanol–water partition coefficient (Wildman–Crippen LogP) is -11.3. The van der Waals surface area contributed by atoms with E-state index in [1.165, 1.54) is 53.5 Å². The maximum absolute atomic E-state index is 13.3. The van der Waals surface area contributed by atoms with E-state index in [1.54, 1.807) is 0 Å². The molecule has 12 aromatic rings. The Bertz CT molecular complexity index is 6650. The van der Waals surface area contributed by atoms with Gasteiger partial charge in [0.1, 0.15) is 144 Å². The molecule has 9 saturated heterocycles. The first-order chi connectivity index (χ1) is 64.9. The zero-order valence-electron chi connectivity index (χ0n) is 75.4. The van der Waals surface area contributed by atoms with Crippen molar-refractivity contribution in [2.45, 2.75) is 167 Å². The second-order valence-electron chi connectivity index (χ2n) is 32.4. The molecule has 12 aromatic heterocycles. The van der Waals surface area contributed by atoms with Crippen LogP contribution in [0.2, 0.25) is 0 Å². The van der Waals surface area contributed by atoms with E-state index in [2.05, 4.69) is 89.7 Å². The number of phosphoric ester groups is 6. The Balaban J connectivity index is 0.000000177. The van der Waals surface area contributed by atoms with Gasteiger partial charge in [-0.25, -0.2) is 87.2 Å². The first-order valence-electron chi connectivity index (χ1n) is 40.0. The minimum absolute atomic E-state index is 0. The van der Waals surface area contributed by atoms with Gasteiger partial charge < -0.3 is 138 Å². The summed E-state index contributed by atoms with van der Waals surface area (Å²) in [5, 5.41) is 67.9. The average Bonchev–Trinajstić information content (AvgIpc) is 1.58. The van der Waals surface area contributed by atoms with Gasteiger partial charge in [0, 0.05) is 0 Å². The van der Waals surface area contributed by atoms with Gasteiger partial charge in [-0.2, -0.15) is 15.0 Å². The molecule has 764 valence electrons. The van der Waals surface area contributed by atoms with Gasteiger partial charge in [0.05, 0.1) is 77.6 Å². The van der Waals surface area contributed by atoms with Crippen LogP contribution in [0, 0.1) is 0 Å². The number of H-pyrrole nitrogens is 3. The monoisotopic (exact) mass is 2150 g/mol. The number of nitrogens with one attached hydrogen (secondary N) is 3. The predicted molar refractivity (Wildman–Crippen MR) is 456 cm³/mol. The summed E-state index contributed by atoms with van der Waals surface area (Å²) in [6.07, 6.45) is -23.0. The van der Waals surface area contributed by atoms with E-state index in [9.17, 15) is 102 Å². The zero-order valence-corrected chi connectivity index (χ0v) is 82.8. The van der Waals surface area contributed by atoms with Crippen molar-refractivity contribution < 1.29 is 232 Å². The SMILES string of the molecule is CC1(O)C2OP(=O)(O)OCC3OC(n4cnc5c(=O)[nH]c(N)nc54)C(OP(=O)(O)OCC2OC1n1cnc2c(N)ncnc21)C3O.CC1(O)C2OP(=O)(O)OCC3OC(n4cnc5c(=O)[nH]c(N)nc54)C(OP(=O)(O)OCC2OC1n1cnc2c(N)ncnc21)C3O.CC1(O)C2OP(=O)(O)OCC3OC(n4cnc5c(=O)[nH]c(N)nc54)C(OP(=O)(O)OCC2OC1n1cnc2c(N)ncnc21)C3O.N.N.[H-].[H-].[Na+].[Na+]. The molecule has 6 bridgehead atoms. The summed E-state index contributed by atoms with van der Waals surface area (Å²) < 4.78 is 185. The number of fused-ring (bicyclic) bond motifs is 15. The number of aliphatic hydroxyl groups is 6. The summed E-state index contributed by atoms with van der Waals surface area (Å²) in [7, 11) is -30.7. The van der Waals surface area contributed by atoms with Crippen molar-refractivity contribution in [1.29, 1.82) is 0 Å². The van der Waals surface area contributed by atoms with E-state index in [-0.39, 0.29) is 177 Å². The van der Waals surface area contributed by atoms with E-state index in [4.69, 9.17) is 117 Å². The van der Waals surface area contributed by atoms with Gasteiger partial charge in [0.15, 0.2) is 105 Å². The fraction of sp³-hybridized carbons (Fsp3) is 0.524. The molecule has 142 heavy (non-hydrogen) atoms. The fourth-order valence-electron chi connectivity index (χ4n) is 16.8. The Hall–Kier alpha value is -8.40. The van der Waals surface area contributed by atoms with E-state index >= 15 is 0 Å². The molecule has 0 amide bonds. The van der Waals surface area contributed by atoms with Gasteiger partial charge in [-0.1, -0.05) is 0 Å². The molecule has 21 heterocycles. The molecule has 0 spiro atoms. The zero-order chi connectivity index (χ0) is 98.3. The molecule has 30 unspecified atom stereocenters. The third-order valence-electron chi connectivity index (χ3n) is 23.1. The summed E-state index contributed by atoms with van der Waals surface area (Å²) in [5.41, 5.74) is 26.0. The van der Waals surface area contributed by atoms with E-state index in [1.807, 2.05) is 0 Å². The number of nitrogen functional groups attached to an aromatic ring is 6. The molecule has 33 N–H and O–H groups in total. The topological polar surface area (TPSA) is 1060 Å². The standard InChI is InChI=1S/3C21H26N10O13P2.2H3N.2Na.2H/c3*1-21(34)13-8(42-19(21)31-6-26-9-14(22)24-4-25-15(9)31)3-40-45(35,36)43-12-11(32)7(2-39-46(37,38)44-13)41-18(12)30-5-27-10-16(30)28-20(23)29-17(10)33;;;;;;/h3*4-8,11-13,18-19,32,34H,2-3H2,1H3,(H,35,36)(H,37,38)(H2,22,24,25)(H3,23,28,29,33);2*1H3;;;;/q;;;;;2*+1;2*-1. The van der Waals surface area contributed by atoms with Crippen molar-refractivity contribution in [2.75, 3.05) is 74.0 Å². The summed E-state index contributed by atoms with van der Waals surface area (Å²) in [6.45, 7) is -1.38. The molecule has 0 saturated carbocycles. The van der Waals surface area contributed by atoms with Crippen LogP contribution in [0.5, 0.6) is 0 Å². The number of nitrogens with zero attached hydrogens (tertiary/aromatic N) is 21. The largest absolute Gasteiger partial charge is 1.00 e. The second-order valence-corrected chi connectivity index (χ2v) is 40.8. The van der Waals surface area contributed by atoms with Crippen molar-refractivity contribution in [2.24, 2.45) is 0 Å². The average molecular weight is 2150 g/mol.